The molecule has 1 aliphatic heterocycles. The summed E-state index contributed by atoms with van der Waals surface area (Å²) < 4.78 is 0. The monoisotopic (exact) mass is 402 g/mol. The summed E-state index contributed by atoms with van der Waals surface area (Å²) in [6.45, 7) is 12.0. The third-order valence-corrected chi connectivity index (χ3v) is 6.40. The van der Waals surface area contributed by atoms with Gasteiger partial charge in [0.05, 0.1) is 6.17 Å². The molecule has 1 saturated heterocycles. The first-order valence-electron chi connectivity index (χ1n) is 12.3. The van der Waals surface area contributed by atoms with Gasteiger partial charge in [-0.1, -0.05) is 117 Å². The van der Waals surface area contributed by atoms with E-state index in [9.17, 15) is 0 Å². The molecule has 0 bridgehead atoms. The first kappa shape index (κ1) is 27.2. The number of likely N-dealkylation sites (N-methyl/N-ethyl adjacent to an activating group) is 2. The molecule has 1 aliphatic rings. The van der Waals surface area contributed by atoms with Gasteiger partial charge in [-0.25, -0.2) is 0 Å². The fourth-order valence-corrected chi connectivity index (χ4v) is 4.59. The Morgan fingerprint density at radius 1 is 0.519 bits per heavy atom. The summed E-state index contributed by atoms with van der Waals surface area (Å²) in [5.41, 5.74) is 0. The van der Waals surface area contributed by atoms with Crippen molar-refractivity contribution in [2.45, 2.75) is 130 Å². The number of rotatable bonds is 18. The van der Waals surface area contributed by atoms with Crippen molar-refractivity contribution < 1.29 is 0 Å². The highest BCUT2D eigenvalue weighted by molar-refractivity contribution is 5.85. The van der Waals surface area contributed by atoms with Crippen molar-refractivity contribution in [3.8, 4) is 0 Å². The molecule has 0 atom stereocenters. The standard InChI is InChI=1S/C24H50N2.ClH/c1-4-7-8-9-10-11-12-13-14-15-16-17-18-19-20-21-24-25(5-2)22-23-26(24)6-3;/h24H,4-23H2,1-3H3;1H. The molecule has 3 heteroatoms. The molecule has 1 rings (SSSR count). The molecule has 0 N–H and O–H groups in total. The molecule has 0 saturated carbocycles. The number of hydrogen-bond donors (Lipinski definition) is 0. The second-order valence-electron chi connectivity index (χ2n) is 8.48. The predicted octanol–water partition coefficient (Wildman–Crippen LogP) is 7.65. The van der Waals surface area contributed by atoms with Crippen LogP contribution in [-0.2, 0) is 0 Å². The maximum atomic E-state index is 2.67. The van der Waals surface area contributed by atoms with Crippen LogP contribution < -0.4 is 0 Å². The average Bonchev–Trinajstić information content (AvgIpc) is 3.06. The van der Waals surface area contributed by atoms with Crippen LogP contribution in [0.3, 0.4) is 0 Å². The fourth-order valence-electron chi connectivity index (χ4n) is 4.59. The molecule has 164 valence electrons. The molecule has 0 unspecified atom stereocenters. The van der Waals surface area contributed by atoms with E-state index in [0.717, 1.165) is 6.17 Å². The van der Waals surface area contributed by atoms with Gasteiger partial charge in [0.2, 0.25) is 0 Å². The molecule has 1 fully saturated rings. The smallest absolute Gasteiger partial charge is 0.0623 e. The van der Waals surface area contributed by atoms with Gasteiger partial charge in [0.15, 0.2) is 0 Å². The zero-order valence-corrected chi connectivity index (χ0v) is 19.8. The molecule has 0 radical (unpaired) electrons. The summed E-state index contributed by atoms with van der Waals surface area (Å²) in [6.07, 6.45) is 24.0. The quantitative estimate of drug-likeness (QED) is 0.217. The highest BCUT2D eigenvalue weighted by Gasteiger charge is 2.28. The minimum absolute atomic E-state index is 0. The van der Waals surface area contributed by atoms with Crippen LogP contribution in [0.4, 0.5) is 0 Å². The molecule has 0 aromatic carbocycles. The zero-order chi connectivity index (χ0) is 18.9. The van der Waals surface area contributed by atoms with Crippen LogP contribution in [0.2, 0.25) is 0 Å². The van der Waals surface area contributed by atoms with Gasteiger partial charge >= 0.3 is 0 Å². The number of unbranched alkanes of at least 4 members (excludes halogenated alkanes) is 14. The van der Waals surface area contributed by atoms with E-state index in [0.29, 0.717) is 0 Å². The van der Waals surface area contributed by atoms with E-state index in [1.54, 1.807) is 0 Å². The second kappa shape index (κ2) is 19.5. The third kappa shape index (κ3) is 13.1. The first-order chi connectivity index (χ1) is 12.8. The van der Waals surface area contributed by atoms with Crippen LogP contribution >= 0.6 is 12.4 Å². The average molecular weight is 403 g/mol. The van der Waals surface area contributed by atoms with E-state index in [2.05, 4.69) is 30.6 Å². The molecule has 0 aromatic heterocycles. The normalized spacial score (nSPS) is 16.1. The maximum absolute atomic E-state index is 2.67. The van der Waals surface area contributed by atoms with Crippen molar-refractivity contribution in [2.75, 3.05) is 26.2 Å². The van der Waals surface area contributed by atoms with E-state index in [4.69, 9.17) is 0 Å². The summed E-state index contributed by atoms with van der Waals surface area (Å²) in [7, 11) is 0. The van der Waals surface area contributed by atoms with Crippen molar-refractivity contribution in [3.05, 3.63) is 0 Å². The van der Waals surface area contributed by atoms with Crippen molar-refractivity contribution in [3.63, 3.8) is 0 Å². The second-order valence-corrected chi connectivity index (χ2v) is 8.48. The molecule has 0 amide bonds. The first-order valence-corrected chi connectivity index (χ1v) is 12.3. The lowest BCUT2D eigenvalue weighted by molar-refractivity contribution is 0.133. The third-order valence-electron chi connectivity index (χ3n) is 6.40. The Bertz CT molecular complexity index is 286. The molecule has 0 aliphatic carbocycles. The lowest BCUT2D eigenvalue weighted by Gasteiger charge is -2.28. The van der Waals surface area contributed by atoms with Crippen LogP contribution in [-0.4, -0.2) is 42.1 Å². The molecule has 0 aromatic rings. The molecular weight excluding hydrogens is 352 g/mol. The minimum atomic E-state index is 0. The summed E-state index contributed by atoms with van der Waals surface area (Å²) in [6, 6.07) is 0. The molecule has 0 spiro atoms. The summed E-state index contributed by atoms with van der Waals surface area (Å²) in [5.74, 6) is 0. The van der Waals surface area contributed by atoms with E-state index in [-0.39, 0.29) is 12.4 Å². The Morgan fingerprint density at radius 2 is 0.852 bits per heavy atom. The Morgan fingerprint density at radius 3 is 1.19 bits per heavy atom. The van der Waals surface area contributed by atoms with E-state index < -0.39 is 0 Å². The van der Waals surface area contributed by atoms with Crippen molar-refractivity contribution in [1.29, 1.82) is 0 Å². The van der Waals surface area contributed by atoms with Gasteiger partial charge in [0.25, 0.3) is 0 Å². The van der Waals surface area contributed by atoms with E-state index in [1.165, 1.54) is 129 Å². The van der Waals surface area contributed by atoms with Gasteiger partial charge in [0.1, 0.15) is 0 Å². The zero-order valence-electron chi connectivity index (χ0n) is 19.0. The lowest BCUT2D eigenvalue weighted by atomic mass is 10.0. The Hall–Kier alpha value is 0.210. The number of halogens is 1. The summed E-state index contributed by atoms with van der Waals surface area (Å²) in [4.78, 5) is 5.35. The number of hydrogen-bond acceptors (Lipinski definition) is 2. The van der Waals surface area contributed by atoms with Crippen molar-refractivity contribution in [2.24, 2.45) is 0 Å². The van der Waals surface area contributed by atoms with Crippen molar-refractivity contribution in [1.82, 2.24) is 9.80 Å². The largest absolute Gasteiger partial charge is 0.287 e. The van der Waals surface area contributed by atoms with Crippen LogP contribution in [0.15, 0.2) is 0 Å². The highest BCUT2D eigenvalue weighted by atomic mass is 35.5. The Labute approximate surface area is 178 Å². The van der Waals surface area contributed by atoms with E-state index >= 15 is 0 Å². The van der Waals surface area contributed by atoms with Gasteiger partial charge in [-0.3, -0.25) is 9.80 Å². The minimum Gasteiger partial charge on any atom is -0.287 e. The fraction of sp³-hybridized carbons (Fsp3) is 1.00. The SMILES string of the molecule is CCCCCCCCCCCCCCCCCC1N(CC)CCN1CC.Cl. The maximum Gasteiger partial charge on any atom is 0.0623 e. The van der Waals surface area contributed by atoms with Gasteiger partial charge in [-0.2, -0.15) is 0 Å². The lowest BCUT2D eigenvalue weighted by Crippen LogP contribution is -2.38. The predicted molar refractivity (Wildman–Crippen MR) is 125 cm³/mol. The molecular formula is C24H51ClN2. The van der Waals surface area contributed by atoms with Gasteiger partial charge < -0.3 is 0 Å². The van der Waals surface area contributed by atoms with Gasteiger partial charge in [0, 0.05) is 13.1 Å². The van der Waals surface area contributed by atoms with Crippen LogP contribution in [0.1, 0.15) is 124 Å². The van der Waals surface area contributed by atoms with Crippen LogP contribution in [0.5, 0.6) is 0 Å². The Kier molecular flexibility index (Phi) is 19.7. The van der Waals surface area contributed by atoms with Crippen molar-refractivity contribution >= 4 is 12.4 Å². The topological polar surface area (TPSA) is 6.48 Å². The van der Waals surface area contributed by atoms with Gasteiger partial charge in [-0.05, 0) is 19.5 Å². The van der Waals surface area contributed by atoms with Crippen LogP contribution in [0, 0.1) is 0 Å². The van der Waals surface area contributed by atoms with Gasteiger partial charge in [-0.15, -0.1) is 12.4 Å². The molecule has 2 nitrogen and oxygen atoms in total. The summed E-state index contributed by atoms with van der Waals surface area (Å²) in [5, 5.41) is 0. The van der Waals surface area contributed by atoms with Crippen LogP contribution in [0.25, 0.3) is 0 Å². The molecule has 1 heterocycles. The Balaban J connectivity index is 0.00000676. The number of nitrogens with zero attached hydrogens (tertiary/aromatic N) is 2. The van der Waals surface area contributed by atoms with E-state index in [1.807, 2.05) is 0 Å². The summed E-state index contributed by atoms with van der Waals surface area (Å²) >= 11 is 0. The highest BCUT2D eigenvalue weighted by Crippen LogP contribution is 2.20. The molecule has 27 heavy (non-hydrogen) atoms.